The van der Waals surface area contributed by atoms with Crippen molar-refractivity contribution in [1.29, 1.82) is 0 Å². The smallest absolute Gasteiger partial charge is 0.362 e. The Kier molecular flexibility index (Phi) is 6.17. The summed E-state index contributed by atoms with van der Waals surface area (Å²) >= 11 is 0.973. The molecule has 2 aromatic rings. The van der Waals surface area contributed by atoms with Crippen molar-refractivity contribution < 1.29 is 37.3 Å². The lowest BCUT2D eigenvalue weighted by molar-refractivity contribution is -0.153. The molecule has 0 aromatic carbocycles. The number of aromatic nitrogens is 4. The summed E-state index contributed by atoms with van der Waals surface area (Å²) < 4.78 is 34.3. The van der Waals surface area contributed by atoms with Gasteiger partial charge in [-0.05, 0) is 0 Å². The first-order valence-electron chi connectivity index (χ1n) is 9.87. The van der Waals surface area contributed by atoms with E-state index in [1.807, 2.05) is 0 Å². The molecule has 0 bridgehead atoms. The molecular formula is C16H19N9O8S2. The molecule has 1 aliphatic carbocycles. The van der Waals surface area contributed by atoms with E-state index in [4.69, 9.17) is 16.3 Å². The molecule has 4 rings (SSSR count). The summed E-state index contributed by atoms with van der Waals surface area (Å²) in [4.78, 5) is 46.0. The van der Waals surface area contributed by atoms with Gasteiger partial charge in [-0.1, -0.05) is 10.4 Å². The van der Waals surface area contributed by atoms with Crippen LogP contribution in [-0.2, 0) is 42.6 Å². The molecule has 2 aromatic heterocycles. The predicted octanol–water partition coefficient (Wildman–Crippen LogP) is -2.69. The topological polar surface area (TPSA) is 258 Å². The van der Waals surface area contributed by atoms with Crippen molar-refractivity contribution in [3.05, 3.63) is 23.0 Å². The molecule has 0 spiro atoms. The second kappa shape index (κ2) is 8.83. The molecule has 2 atom stereocenters. The van der Waals surface area contributed by atoms with Crippen LogP contribution in [0.3, 0.4) is 0 Å². The number of aliphatic carboxylic acids is 1. The Morgan fingerprint density at radius 3 is 2.63 bits per heavy atom. The van der Waals surface area contributed by atoms with Crippen molar-refractivity contribution >= 4 is 50.3 Å². The van der Waals surface area contributed by atoms with Gasteiger partial charge in [0.25, 0.3) is 11.8 Å². The minimum Gasteiger partial charge on any atom is -0.478 e. The molecule has 1 saturated carbocycles. The third-order valence-corrected chi connectivity index (χ3v) is 6.88. The molecule has 2 fully saturated rings. The summed E-state index contributed by atoms with van der Waals surface area (Å²) in [6.07, 6.45) is 1.76. The van der Waals surface area contributed by atoms with Gasteiger partial charge in [-0.3, -0.25) is 18.8 Å². The minimum atomic E-state index is -4.95. The number of nitrogens with zero attached hydrogens (tertiary/aromatic N) is 6. The number of β-lactam (4-membered cyclic amide) rings is 1. The average Bonchev–Trinajstić information content (AvgIpc) is 3.23. The number of thiazole rings is 1. The van der Waals surface area contributed by atoms with Crippen LogP contribution in [-0.4, -0.2) is 83.5 Å². The molecular weight excluding hydrogens is 510 g/mol. The number of carboxylic acid groups (broad SMARTS) is 1. The van der Waals surface area contributed by atoms with Gasteiger partial charge < -0.3 is 26.7 Å². The molecule has 0 radical (unpaired) electrons. The Balaban J connectivity index is 1.58. The Morgan fingerprint density at radius 1 is 1.40 bits per heavy atom. The molecule has 7 N–H and O–H groups in total. The molecule has 17 nitrogen and oxygen atoms in total. The summed E-state index contributed by atoms with van der Waals surface area (Å²) in [5, 5.41) is 24.2. The van der Waals surface area contributed by atoms with Crippen LogP contribution >= 0.6 is 11.3 Å². The van der Waals surface area contributed by atoms with Crippen molar-refractivity contribution in [3.63, 3.8) is 0 Å². The van der Waals surface area contributed by atoms with E-state index < -0.39 is 51.5 Å². The van der Waals surface area contributed by atoms with Crippen LogP contribution in [0.15, 0.2) is 16.7 Å². The number of amides is 2. The number of hydrogen-bond acceptors (Lipinski definition) is 13. The van der Waals surface area contributed by atoms with E-state index in [2.05, 4.69) is 25.8 Å². The third-order valence-electron chi connectivity index (χ3n) is 5.26. The summed E-state index contributed by atoms with van der Waals surface area (Å²) in [5.41, 5.74) is 9.37. The standard InChI is InChI=1S/C16H19N9O8S2/c17-3-7-4-24(23-21-7)5-9-11(13(27)25(9)35(30,31)32)20-12(26)10(8-6-34-15(18)19-8)22-33-16(1-2-16)14(28)29/h4,6,9,11H,1-3,5,17H2,(H2,18,19)(H,20,26)(H,28,29)(H,30,31,32)/b22-10+/t9-,11+/m1/s1. The highest BCUT2D eigenvalue weighted by Gasteiger charge is 2.56. The van der Waals surface area contributed by atoms with E-state index in [1.54, 1.807) is 0 Å². The lowest BCUT2D eigenvalue weighted by Gasteiger charge is -2.43. The van der Waals surface area contributed by atoms with E-state index in [9.17, 15) is 32.5 Å². The maximum atomic E-state index is 13.0. The maximum absolute atomic E-state index is 13.0. The van der Waals surface area contributed by atoms with Gasteiger partial charge >= 0.3 is 16.3 Å². The van der Waals surface area contributed by atoms with Crippen LogP contribution in [0.4, 0.5) is 5.13 Å². The Hall–Kier alpha value is -3.68. The van der Waals surface area contributed by atoms with Gasteiger partial charge in [0.05, 0.1) is 18.3 Å². The van der Waals surface area contributed by atoms with Gasteiger partial charge in [0.15, 0.2) is 10.8 Å². The second-order valence-corrected chi connectivity index (χ2v) is 9.85. The van der Waals surface area contributed by atoms with E-state index in [0.717, 1.165) is 11.3 Å². The van der Waals surface area contributed by atoms with Crippen molar-refractivity contribution in [3.8, 4) is 0 Å². The number of nitrogens with one attached hydrogen (secondary N) is 1. The zero-order valence-corrected chi connectivity index (χ0v) is 19.3. The number of nitrogen functional groups attached to an aromatic ring is 1. The van der Waals surface area contributed by atoms with Crippen molar-refractivity contribution in [1.82, 2.24) is 29.6 Å². The van der Waals surface area contributed by atoms with Crippen LogP contribution in [0.1, 0.15) is 24.2 Å². The highest BCUT2D eigenvalue weighted by molar-refractivity contribution is 7.84. The van der Waals surface area contributed by atoms with E-state index in [1.165, 1.54) is 16.3 Å². The molecule has 2 aliphatic rings. The summed E-state index contributed by atoms with van der Waals surface area (Å²) in [6, 6.07) is -2.70. The van der Waals surface area contributed by atoms with Crippen LogP contribution in [0.25, 0.3) is 0 Å². The number of carboxylic acids is 1. The highest BCUT2D eigenvalue weighted by Crippen LogP contribution is 2.40. The first-order valence-corrected chi connectivity index (χ1v) is 12.1. The van der Waals surface area contributed by atoms with Crippen LogP contribution in [0.2, 0.25) is 0 Å². The molecule has 188 valence electrons. The van der Waals surface area contributed by atoms with E-state index >= 15 is 0 Å². The molecule has 19 heteroatoms. The van der Waals surface area contributed by atoms with Gasteiger partial charge in [0.2, 0.25) is 5.60 Å². The van der Waals surface area contributed by atoms with Gasteiger partial charge in [-0.15, -0.1) is 16.4 Å². The largest absolute Gasteiger partial charge is 0.478 e. The monoisotopic (exact) mass is 529 g/mol. The van der Waals surface area contributed by atoms with Crippen molar-refractivity contribution in [2.45, 2.75) is 43.6 Å². The van der Waals surface area contributed by atoms with Gasteiger partial charge in [-0.25, -0.2) is 14.1 Å². The first kappa shape index (κ1) is 24.4. The Bertz CT molecular complexity index is 1320. The number of anilines is 1. The first-order chi connectivity index (χ1) is 16.4. The Labute approximate surface area is 200 Å². The highest BCUT2D eigenvalue weighted by atomic mass is 32.2. The molecule has 2 amide bonds. The fourth-order valence-electron chi connectivity index (χ4n) is 3.25. The quantitative estimate of drug-likeness (QED) is 0.0910. The zero-order valence-electron chi connectivity index (χ0n) is 17.6. The number of rotatable bonds is 10. The number of nitrogens with two attached hydrogens (primary N) is 2. The number of carbonyl (C=O) groups excluding carboxylic acids is 2. The van der Waals surface area contributed by atoms with Crippen LogP contribution in [0.5, 0.6) is 0 Å². The fourth-order valence-corrected chi connectivity index (χ4v) is 4.67. The lowest BCUT2D eigenvalue weighted by Crippen LogP contribution is -2.73. The van der Waals surface area contributed by atoms with E-state index in [0.29, 0.717) is 5.69 Å². The Morgan fingerprint density at radius 2 is 2.11 bits per heavy atom. The molecule has 3 heterocycles. The molecule has 35 heavy (non-hydrogen) atoms. The van der Waals surface area contributed by atoms with Gasteiger partial charge in [0.1, 0.15) is 11.7 Å². The summed E-state index contributed by atoms with van der Waals surface area (Å²) in [7, 11) is -4.95. The SMILES string of the molecule is NCc1cn(C[C@@H]2[C@H](NC(=O)/C(=N/OC3(C(=O)O)CC3)c3csc(N)n3)C(=O)N2S(=O)(=O)O)nn1. The lowest BCUT2D eigenvalue weighted by atomic mass is 9.98. The van der Waals surface area contributed by atoms with Gasteiger partial charge in [0, 0.05) is 31.0 Å². The van der Waals surface area contributed by atoms with E-state index in [-0.39, 0.29) is 41.1 Å². The van der Waals surface area contributed by atoms with Crippen molar-refractivity contribution in [2.24, 2.45) is 10.9 Å². The van der Waals surface area contributed by atoms with Gasteiger partial charge in [-0.2, -0.15) is 8.42 Å². The third kappa shape index (κ3) is 4.78. The minimum absolute atomic E-state index is 0.0509. The normalized spacial score (nSPS) is 21.4. The molecule has 0 unspecified atom stereocenters. The summed E-state index contributed by atoms with van der Waals surface area (Å²) in [5.74, 6) is -3.40. The number of carbonyl (C=O) groups is 3. The number of hydrogen-bond donors (Lipinski definition) is 5. The summed E-state index contributed by atoms with van der Waals surface area (Å²) in [6.45, 7) is -0.210. The van der Waals surface area contributed by atoms with Crippen molar-refractivity contribution in [2.75, 3.05) is 5.73 Å². The zero-order chi connectivity index (χ0) is 25.5. The fraction of sp³-hybridized carbons (Fsp3) is 0.438. The van der Waals surface area contributed by atoms with Crippen LogP contribution in [0, 0.1) is 0 Å². The number of oxime groups is 1. The predicted molar refractivity (Wildman–Crippen MR) is 116 cm³/mol. The average molecular weight is 530 g/mol. The molecule has 1 aliphatic heterocycles. The maximum Gasteiger partial charge on any atom is 0.362 e. The molecule has 1 saturated heterocycles. The second-order valence-electron chi connectivity index (χ2n) is 7.67. The van der Waals surface area contributed by atoms with Crippen LogP contribution < -0.4 is 16.8 Å².